The zero-order chi connectivity index (χ0) is 12.8. The lowest BCUT2D eigenvalue weighted by Crippen LogP contribution is -2.61. The number of amides is 1. The van der Waals surface area contributed by atoms with E-state index in [0.29, 0.717) is 6.07 Å². The van der Waals surface area contributed by atoms with Gasteiger partial charge in [-0.2, -0.15) is 0 Å². The Morgan fingerprint density at radius 2 is 1.94 bits per heavy atom. The largest absolute Gasteiger partial charge is 0.386 e. The van der Waals surface area contributed by atoms with Crippen LogP contribution in [-0.2, 0) is 0 Å². The number of benzene rings is 1. The van der Waals surface area contributed by atoms with Crippen LogP contribution >= 0.6 is 0 Å². The highest BCUT2D eigenvalue weighted by atomic mass is 19.1. The van der Waals surface area contributed by atoms with Crippen LogP contribution in [0.3, 0.4) is 0 Å². The van der Waals surface area contributed by atoms with E-state index >= 15 is 0 Å². The number of aliphatic hydroxyl groups is 1. The van der Waals surface area contributed by atoms with Gasteiger partial charge < -0.3 is 10.0 Å². The molecule has 1 aromatic rings. The lowest BCUT2D eigenvalue weighted by molar-refractivity contribution is -0.0670. The van der Waals surface area contributed by atoms with Gasteiger partial charge in [0.15, 0.2) is 0 Å². The van der Waals surface area contributed by atoms with Gasteiger partial charge in [0, 0.05) is 6.07 Å². The van der Waals surface area contributed by atoms with Gasteiger partial charge in [-0.3, -0.25) is 4.79 Å². The SMILES string of the molecule is Cc1cc(C(=O)N2CC(C)(O)C2)c(F)cc1F. The highest BCUT2D eigenvalue weighted by molar-refractivity contribution is 5.95. The summed E-state index contributed by atoms with van der Waals surface area (Å²) in [6.45, 7) is 3.41. The van der Waals surface area contributed by atoms with Crippen molar-refractivity contribution < 1.29 is 18.7 Å². The van der Waals surface area contributed by atoms with Gasteiger partial charge in [0.1, 0.15) is 11.6 Å². The average Bonchev–Trinajstić information content (AvgIpc) is 2.19. The Labute approximate surface area is 97.7 Å². The summed E-state index contributed by atoms with van der Waals surface area (Å²) in [6.07, 6.45) is 0. The molecule has 5 heteroatoms. The minimum Gasteiger partial charge on any atom is -0.386 e. The first-order valence-electron chi connectivity index (χ1n) is 5.27. The normalized spacial score (nSPS) is 17.8. The van der Waals surface area contributed by atoms with E-state index in [1.54, 1.807) is 6.92 Å². The first-order chi connectivity index (χ1) is 7.80. The van der Waals surface area contributed by atoms with Gasteiger partial charge in [-0.15, -0.1) is 0 Å². The molecule has 1 saturated heterocycles. The Balaban J connectivity index is 2.24. The second kappa shape index (κ2) is 3.77. The van der Waals surface area contributed by atoms with Crippen molar-refractivity contribution >= 4 is 5.91 Å². The van der Waals surface area contributed by atoms with E-state index in [-0.39, 0.29) is 24.2 Å². The molecule has 0 unspecified atom stereocenters. The molecule has 1 amide bonds. The van der Waals surface area contributed by atoms with Crippen LogP contribution < -0.4 is 0 Å². The predicted octanol–water partition coefficient (Wildman–Crippen LogP) is 1.48. The number of halogens is 2. The minimum absolute atomic E-state index is 0.153. The quantitative estimate of drug-likeness (QED) is 0.809. The van der Waals surface area contributed by atoms with Gasteiger partial charge in [-0.25, -0.2) is 8.78 Å². The van der Waals surface area contributed by atoms with Gasteiger partial charge in [0.25, 0.3) is 5.91 Å². The van der Waals surface area contributed by atoms with E-state index in [4.69, 9.17) is 0 Å². The number of aryl methyl sites for hydroxylation is 1. The molecule has 0 aliphatic carbocycles. The Morgan fingerprint density at radius 3 is 2.47 bits per heavy atom. The third-order valence-electron chi connectivity index (χ3n) is 2.83. The van der Waals surface area contributed by atoms with Crippen LogP contribution in [0.2, 0.25) is 0 Å². The summed E-state index contributed by atoms with van der Waals surface area (Å²) in [6, 6.07) is 1.90. The molecule has 0 bridgehead atoms. The molecule has 1 aromatic carbocycles. The molecule has 0 aromatic heterocycles. The maximum atomic E-state index is 13.4. The summed E-state index contributed by atoms with van der Waals surface area (Å²) in [7, 11) is 0. The lowest BCUT2D eigenvalue weighted by Gasteiger charge is -2.44. The Hall–Kier alpha value is -1.49. The van der Waals surface area contributed by atoms with Gasteiger partial charge in [0.2, 0.25) is 0 Å². The van der Waals surface area contributed by atoms with Gasteiger partial charge in [0.05, 0.1) is 24.3 Å². The Kier molecular flexibility index (Phi) is 2.66. The number of β-amino-alcohol motifs (C(OH)–C–C–N with tert-alkyl or cyclic N) is 1. The van der Waals surface area contributed by atoms with E-state index in [9.17, 15) is 18.7 Å². The number of likely N-dealkylation sites (tertiary alicyclic amines) is 1. The number of carbonyl (C=O) groups is 1. The fourth-order valence-electron chi connectivity index (χ4n) is 1.91. The maximum absolute atomic E-state index is 13.4. The summed E-state index contributed by atoms with van der Waals surface area (Å²) in [4.78, 5) is 13.2. The summed E-state index contributed by atoms with van der Waals surface area (Å²) >= 11 is 0. The van der Waals surface area contributed by atoms with E-state index in [1.807, 2.05) is 0 Å². The summed E-state index contributed by atoms with van der Waals surface area (Å²) in [5, 5.41) is 9.50. The van der Waals surface area contributed by atoms with Crippen LogP contribution in [-0.4, -0.2) is 34.6 Å². The number of hydrogen-bond donors (Lipinski definition) is 1. The van der Waals surface area contributed by atoms with Crippen LogP contribution in [0.5, 0.6) is 0 Å². The fraction of sp³-hybridized carbons (Fsp3) is 0.417. The molecule has 1 N–H and O–H groups in total. The maximum Gasteiger partial charge on any atom is 0.257 e. The molecule has 92 valence electrons. The summed E-state index contributed by atoms with van der Waals surface area (Å²) in [5.41, 5.74) is -0.831. The van der Waals surface area contributed by atoms with Crippen molar-refractivity contribution in [3.63, 3.8) is 0 Å². The first kappa shape index (κ1) is 12.0. The highest BCUT2D eigenvalue weighted by Crippen LogP contribution is 2.24. The van der Waals surface area contributed by atoms with E-state index in [1.165, 1.54) is 17.9 Å². The molecule has 2 rings (SSSR count). The molecular formula is C12H13F2NO2. The number of rotatable bonds is 1. The van der Waals surface area contributed by atoms with Gasteiger partial charge in [-0.05, 0) is 25.5 Å². The van der Waals surface area contributed by atoms with Crippen molar-refractivity contribution in [1.82, 2.24) is 4.90 Å². The summed E-state index contributed by atoms with van der Waals surface area (Å²) in [5.74, 6) is -2.06. The third kappa shape index (κ3) is 2.15. The number of hydrogen-bond acceptors (Lipinski definition) is 2. The Bertz CT molecular complexity index is 478. The van der Waals surface area contributed by atoms with Crippen LogP contribution in [0.1, 0.15) is 22.8 Å². The average molecular weight is 241 g/mol. The molecule has 1 fully saturated rings. The van der Waals surface area contributed by atoms with Crippen LogP contribution in [0.25, 0.3) is 0 Å². The standard InChI is InChI=1S/C12H13F2NO2/c1-7-3-8(10(14)4-9(7)13)11(16)15-5-12(2,17)6-15/h3-4,17H,5-6H2,1-2H3. The second-order valence-electron chi connectivity index (χ2n) is 4.74. The van der Waals surface area contributed by atoms with Crippen LogP contribution in [0.15, 0.2) is 12.1 Å². The van der Waals surface area contributed by atoms with Crippen molar-refractivity contribution in [3.05, 3.63) is 34.9 Å². The molecule has 1 aliphatic rings. The monoisotopic (exact) mass is 241 g/mol. The minimum atomic E-state index is -0.902. The van der Waals surface area contributed by atoms with Crippen molar-refractivity contribution in [2.75, 3.05) is 13.1 Å². The number of nitrogens with zero attached hydrogens (tertiary/aromatic N) is 1. The zero-order valence-corrected chi connectivity index (χ0v) is 9.63. The smallest absolute Gasteiger partial charge is 0.257 e. The third-order valence-corrected chi connectivity index (χ3v) is 2.83. The first-order valence-corrected chi connectivity index (χ1v) is 5.27. The molecule has 17 heavy (non-hydrogen) atoms. The number of carbonyl (C=O) groups excluding carboxylic acids is 1. The van der Waals surface area contributed by atoms with Crippen molar-refractivity contribution in [2.45, 2.75) is 19.4 Å². The van der Waals surface area contributed by atoms with Crippen molar-refractivity contribution in [2.24, 2.45) is 0 Å². The predicted molar refractivity (Wildman–Crippen MR) is 57.6 cm³/mol. The van der Waals surface area contributed by atoms with E-state index in [0.717, 1.165) is 0 Å². The highest BCUT2D eigenvalue weighted by Gasteiger charge is 2.40. The molecule has 0 spiro atoms. The van der Waals surface area contributed by atoms with Crippen LogP contribution in [0, 0.1) is 18.6 Å². The van der Waals surface area contributed by atoms with Crippen LogP contribution in [0.4, 0.5) is 8.78 Å². The fourth-order valence-corrected chi connectivity index (χ4v) is 1.91. The zero-order valence-electron chi connectivity index (χ0n) is 9.63. The second-order valence-corrected chi connectivity index (χ2v) is 4.74. The molecule has 1 heterocycles. The molecular weight excluding hydrogens is 228 g/mol. The van der Waals surface area contributed by atoms with Crippen molar-refractivity contribution in [3.8, 4) is 0 Å². The topological polar surface area (TPSA) is 40.5 Å². The lowest BCUT2D eigenvalue weighted by atomic mass is 9.95. The van der Waals surface area contributed by atoms with Gasteiger partial charge in [-0.1, -0.05) is 0 Å². The summed E-state index contributed by atoms with van der Waals surface area (Å²) < 4.78 is 26.5. The molecule has 3 nitrogen and oxygen atoms in total. The molecule has 1 aliphatic heterocycles. The Morgan fingerprint density at radius 1 is 1.35 bits per heavy atom. The van der Waals surface area contributed by atoms with Crippen molar-refractivity contribution in [1.29, 1.82) is 0 Å². The molecule has 0 radical (unpaired) electrons. The van der Waals surface area contributed by atoms with Gasteiger partial charge >= 0.3 is 0 Å². The molecule has 0 saturated carbocycles. The molecule has 0 atom stereocenters. The van der Waals surface area contributed by atoms with E-state index < -0.39 is 23.1 Å². The van der Waals surface area contributed by atoms with E-state index in [2.05, 4.69) is 0 Å².